The fourth-order valence-corrected chi connectivity index (χ4v) is 4.57. The highest BCUT2D eigenvalue weighted by Crippen LogP contribution is 2.25. The number of benzene rings is 1. The van der Waals surface area contributed by atoms with Crippen LogP contribution in [0.4, 0.5) is 23.1 Å². The summed E-state index contributed by atoms with van der Waals surface area (Å²) >= 11 is 0. The summed E-state index contributed by atoms with van der Waals surface area (Å²) < 4.78 is 0.371. The number of ketones is 2. The van der Waals surface area contributed by atoms with Gasteiger partial charge in [0, 0.05) is 37.4 Å². The lowest BCUT2D eigenvalue weighted by Gasteiger charge is -2.35. The number of nitrogens with zero attached hydrogens (tertiary/aromatic N) is 3. The zero-order chi connectivity index (χ0) is 35.0. The molecule has 1 aliphatic rings. The van der Waals surface area contributed by atoms with Crippen molar-refractivity contribution in [3.05, 3.63) is 40.2 Å². The van der Waals surface area contributed by atoms with Crippen molar-refractivity contribution in [2.75, 3.05) is 69.1 Å². The Morgan fingerprint density at radius 1 is 1.15 bits per heavy atom. The standard InChI is InChI=1S/C20H25N7O6.C9H18NO3/c1-27-12(9-23-16-15(27)18(31)26-20(21)25-16)8-22-11-4-2-10(3-5-11)17(30)24-13(19(32)33)6-7-14(28)29;1-7(11)9(13,8(2)12)6-10(3,4)5/h2-5,12-13,22H,6-9H2,1H3,(H,24,30)(H,28,29)(H,32,33)(H4,21,23,25,26,31);13H,6H2,1-5H3/q;+1/p-1/t12-,13-;/m0./s1. The minimum absolute atomic E-state index is 0.0360. The molecule has 0 saturated carbocycles. The Kier molecular flexibility index (Phi) is 12.4. The van der Waals surface area contributed by atoms with Gasteiger partial charge in [0.15, 0.2) is 17.4 Å². The topological polar surface area (TPSA) is 260 Å². The molecule has 0 unspecified atom stereocenters. The van der Waals surface area contributed by atoms with E-state index >= 15 is 0 Å². The highest BCUT2D eigenvalue weighted by molar-refractivity contribution is 6.08. The number of quaternary nitrogens is 1. The van der Waals surface area contributed by atoms with Crippen molar-refractivity contribution in [3.8, 4) is 0 Å². The molecule has 17 heteroatoms. The third kappa shape index (κ3) is 10.3. The molecular formula is C29H42N8O9. The molecule has 0 saturated heterocycles. The summed E-state index contributed by atoms with van der Waals surface area (Å²) in [6.45, 7) is 3.57. The van der Waals surface area contributed by atoms with Gasteiger partial charge in [-0.15, -0.1) is 0 Å². The number of aliphatic hydroxyl groups is 1. The fraction of sp³-hybridized carbons (Fsp3) is 0.483. The van der Waals surface area contributed by atoms with Crippen molar-refractivity contribution in [2.45, 2.75) is 44.4 Å². The van der Waals surface area contributed by atoms with Crippen LogP contribution in [0.25, 0.3) is 0 Å². The van der Waals surface area contributed by atoms with Gasteiger partial charge in [-0.2, -0.15) is 4.98 Å². The molecule has 2 aromatic rings. The number of carbonyl (C=O) groups is 5. The second-order valence-electron chi connectivity index (χ2n) is 11.9. The minimum atomic E-state index is -1.82. The van der Waals surface area contributed by atoms with Gasteiger partial charge in [-0.25, -0.2) is 4.79 Å². The van der Waals surface area contributed by atoms with Crippen molar-refractivity contribution < 1.29 is 43.8 Å². The fourth-order valence-electron chi connectivity index (χ4n) is 4.57. The molecule has 8 N–H and O–H groups in total. The number of carbonyl (C=O) groups excluding carboxylic acids is 4. The summed E-state index contributed by atoms with van der Waals surface area (Å²) in [5.41, 5.74) is 4.74. The normalized spacial score (nSPS) is 14.8. The minimum Gasteiger partial charge on any atom is -0.550 e. The first kappa shape index (κ1) is 37.2. The Labute approximate surface area is 265 Å². The zero-order valence-electron chi connectivity index (χ0n) is 26.7. The Bertz CT molecular complexity index is 1490. The van der Waals surface area contributed by atoms with Crippen molar-refractivity contribution in [2.24, 2.45) is 0 Å². The van der Waals surface area contributed by atoms with E-state index in [2.05, 4.69) is 25.9 Å². The van der Waals surface area contributed by atoms with Crippen LogP contribution in [0.2, 0.25) is 0 Å². The number of aromatic nitrogens is 2. The molecule has 0 fully saturated rings. The summed E-state index contributed by atoms with van der Waals surface area (Å²) in [6.07, 6.45) is -0.759. The quantitative estimate of drug-likeness (QED) is 0.0918. The molecule has 252 valence electrons. The zero-order valence-corrected chi connectivity index (χ0v) is 26.7. The Morgan fingerprint density at radius 3 is 2.22 bits per heavy atom. The van der Waals surface area contributed by atoms with E-state index in [1.165, 1.54) is 26.0 Å². The third-order valence-electron chi connectivity index (χ3n) is 7.12. The number of carboxylic acid groups (broad SMARTS) is 2. The van der Waals surface area contributed by atoms with Crippen molar-refractivity contribution >= 4 is 52.6 Å². The van der Waals surface area contributed by atoms with Crippen molar-refractivity contribution in [1.29, 1.82) is 0 Å². The van der Waals surface area contributed by atoms with E-state index in [1.54, 1.807) is 19.2 Å². The second-order valence-corrected chi connectivity index (χ2v) is 11.9. The van der Waals surface area contributed by atoms with Crippen LogP contribution in [0.3, 0.4) is 0 Å². The van der Waals surface area contributed by atoms with Gasteiger partial charge < -0.3 is 51.2 Å². The predicted octanol–water partition coefficient (Wildman–Crippen LogP) is -1.99. The van der Waals surface area contributed by atoms with Gasteiger partial charge in [-0.05, 0) is 51.0 Å². The number of nitrogens with two attached hydrogens (primary N) is 1. The molecule has 0 bridgehead atoms. The van der Waals surface area contributed by atoms with Crippen LogP contribution in [0.15, 0.2) is 29.1 Å². The second kappa shape index (κ2) is 15.3. The number of likely N-dealkylation sites (N-methyl/N-ethyl adjacent to an activating group) is 2. The Hall–Kier alpha value is -5.03. The first-order valence-electron chi connectivity index (χ1n) is 14.2. The van der Waals surface area contributed by atoms with E-state index in [0.717, 1.165) is 0 Å². The average molecular weight is 647 g/mol. The lowest BCUT2D eigenvalue weighted by Crippen LogP contribution is -2.57. The van der Waals surface area contributed by atoms with Crippen molar-refractivity contribution in [3.63, 3.8) is 0 Å². The van der Waals surface area contributed by atoms with Crippen LogP contribution in [-0.4, -0.2) is 120 Å². The number of carboxylic acids is 2. The monoisotopic (exact) mass is 646 g/mol. The largest absolute Gasteiger partial charge is 0.550 e. The van der Waals surface area contributed by atoms with Gasteiger partial charge >= 0.3 is 5.97 Å². The molecule has 1 aromatic carbocycles. The van der Waals surface area contributed by atoms with E-state index in [9.17, 15) is 39.0 Å². The number of hydrogen-bond acceptors (Lipinski definition) is 13. The number of aliphatic carboxylic acids is 2. The van der Waals surface area contributed by atoms with Crippen LogP contribution >= 0.6 is 0 Å². The number of H-pyrrole nitrogens is 1. The summed E-state index contributed by atoms with van der Waals surface area (Å²) in [5.74, 6) is -3.88. The van der Waals surface area contributed by atoms with Crippen LogP contribution in [0.1, 0.15) is 37.0 Å². The lowest BCUT2D eigenvalue weighted by atomic mass is 9.94. The number of nitrogen functional groups attached to an aromatic ring is 1. The summed E-state index contributed by atoms with van der Waals surface area (Å²) in [7, 11) is 7.23. The number of rotatable bonds is 13. The maximum Gasteiger partial charge on any atom is 0.326 e. The van der Waals surface area contributed by atoms with Gasteiger partial charge in [0.2, 0.25) is 11.5 Å². The van der Waals surface area contributed by atoms with E-state index in [4.69, 9.17) is 10.8 Å². The SMILES string of the molecule is CC(=O)C(O)(C[N+](C)(C)C)C(C)=O.CN1c2c(nc(N)[nH]c2=O)NC[C@@H]1CNc1ccc(C(=O)N[C@@H](CCC(=O)[O-])C(=O)O)cc1. The van der Waals surface area contributed by atoms with E-state index in [-0.39, 0.29) is 36.1 Å². The number of fused-ring (bicyclic) bond motifs is 1. The summed E-state index contributed by atoms with van der Waals surface area (Å²) in [5, 5.41) is 38.1. The number of nitrogens with one attached hydrogen (secondary N) is 4. The molecule has 1 aromatic heterocycles. The molecule has 0 spiro atoms. The van der Waals surface area contributed by atoms with Gasteiger partial charge in [-0.1, -0.05) is 0 Å². The average Bonchev–Trinajstić information content (AvgIpc) is 2.93. The Balaban J connectivity index is 0.000000479. The highest BCUT2D eigenvalue weighted by Gasteiger charge is 2.43. The molecule has 1 aliphatic heterocycles. The molecule has 17 nitrogen and oxygen atoms in total. The first-order chi connectivity index (χ1) is 21.2. The molecule has 0 aliphatic carbocycles. The number of aromatic amines is 1. The maximum atomic E-state index is 12.3. The van der Waals surface area contributed by atoms with E-state index in [1.807, 2.05) is 26.0 Å². The van der Waals surface area contributed by atoms with Crippen LogP contribution in [-0.2, 0) is 19.2 Å². The summed E-state index contributed by atoms with van der Waals surface area (Å²) in [6, 6.07) is 4.94. The molecule has 0 radical (unpaired) electrons. The third-order valence-corrected chi connectivity index (χ3v) is 7.12. The van der Waals surface area contributed by atoms with Crippen LogP contribution < -0.4 is 37.2 Å². The first-order valence-corrected chi connectivity index (χ1v) is 14.2. The van der Waals surface area contributed by atoms with Crippen LogP contribution in [0.5, 0.6) is 0 Å². The number of hydrogen-bond donors (Lipinski definition) is 7. The van der Waals surface area contributed by atoms with Crippen molar-refractivity contribution in [1.82, 2.24) is 15.3 Å². The predicted molar refractivity (Wildman–Crippen MR) is 167 cm³/mol. The summed E-state index contributed by atoms with van der Waals surface area (Å²) in [4.78, 5) is 76.9. The number of amides is 1. The molecular weight excluding hydrogens is 604 g/mol. The van der Waals surface area contributed by atoms with E-state index in [0.29, 0.717) is 34.8 Å². The maximum absolute atomic E-state index is 12.3. The van der Waals surface area contributed by atoms with E-state index < -0.39 is 47.5 Å². The van der Waals surface area contributed by atoms with Gasteiger partial charge in [0.1, 0.15) is 18.3 Å². The van der Waals surface area contributed by atoms with Crippen LogP contribution in [0, 0.1) is 0 Å². The molecule has 46 heavy (non-hydrogen) atoms. The number of Topliss-reactive ketones (excluding diaryl/α,β-unsaturated/α-hetero) is 2. The number of anilines is 4. The molecule has 1 amide bonds. The lowest BCUT2D eigenvalue weighted by molar-refractivity contribution is -0.874. The van der Waals surface area contributed by atoms with Gasteiger partial charge in [0.05, 0.1) is 27.2 Å². The Morgan fingerprint density at radius 2 is 1.74 bits per heavy atom. The molecule has 2 atom stereocenters. The van der Waals surface area contributed by atoms with Gasteiger partial charge in [0.25, 0.3) is 11.5 Å². The molecule has 2 heterocycles. The van der Waals surface area contributed by atoms with Gasteiger partial charge in [-0.3, -0.25) is 24.2 Å². The highest BCUT2D eigenvalue weighted by atomic mass is 16.4. The molecule has 3 rings (SSSR count). The smallest absolute Gasteiger partial charge is 0.326 e.